The number of methoxy groups -OCH3 is 1. The highest BCUT2D eigenvalue weighted by atomic mass is 32.1. The number of nitrogens with one attached hydrogen (secondary N) is 2. The predicted molar refractivity (Wildman–Crippen MR) is 74.4 cm³/mol. The number of ether oxygens (including phenoxy) is 1. The highest BCUT2D eigenvalue weighted by Gasteiger charge is 2.06. The number of hydrogen-bond donors (Lipinski definition) is 2. The Morgan fingerprint density at radius 1 is 1.37 bits per heavy atom. The summed E-state index contributed by atoms with van der Waals surface area (Å²) < 4.78 is 4.98. The fourth-order valence-corrected chi connectivity index (χ4v) is 1.80. The van der Waals surface area contributed by atoms with Crippen LogP contribution >= 0.6 is 12.2 Å². The van der Waals surface area contributed by atoms with E-state index in [2.05, 4.69) is 15.0 Å². The smallest absolute Gasteiger partial charge is 0.305 e. The van der Waals surface area contributed by atoms with Crippen LogP contribution in [0.3, 0.4) is 0 Å². The monoisotopic (exact) mass is 282 g/mol. The van der Waals surface area contributed by atoms with Crippen molar-refractivity contribution in [1.82, 2.24) is 10.3 Å². The molecule has 5 nitrogen and oxygen atoms in total. The van der Waals surface area contributed by atoms with Gasteiger partial charge in [-0.15, -0.1) is 0 Å². The summed E-state index contributed by atoms with van der Waals surface area (Å²) in [6.45, 7) is 0.573. The number of aromatic amines is 1. The number of hydrogen-bond acceptors (Lipinski definition) is 4. The number of pyridine rings is 1. The average Bonchev–Trinajstić information content (AvgIpc) is 2.42. The molecule has 1 rings (SSSR count). The van der Waals surface area contributed by atoms with Gasteiger partial charge in [0.15, 0.2) is 0 Å². The topological polar surface area (TPSA) is 71.2 Å². The summed E-state index contributed by atoms with van der Waals surface area (Å²) in [6, 6.07) is 3.42. The molecule has 0 saturated heterocycles. The quantitative estimate of drug-likeness (QED) is 0.457. The molecule has 0 unspecified atom stereocenters. The van der Waals surface area contributed by atoms with Crippen LogP contribution in [0, 0.1) is 4.64 Å². The highest BCUT2D eigenvalue weighted by molar-refractivity contribution is 7.71. The van der Waals surface area contributed by atoms with Gasteiger partial charge < -0.3 is 15.0 Å². The number of esters is 1. The van der Waals surface area contributed by atoms with Crippen molar-refractivity contribution in [3.63, 3.8) is 0 Å². The van der Waals surface area contributed by atoms with Crippen LogP contribution in [0.1, 0.15) is 36.0 Å². The second-order valence-corrected chi connectivity index (χ2v) is 4.46. The molecule has 0 saturated carbocycles. The molecule has 104 valence electrons. The lowest BCUT2D eigenvalue weighted by Crippen LogP contribution is -2.24. The highest BCUT2D eigenvalue weighted by Crippen LogP contribution is 2.02. The number of H-pyrrole nitrogens is 1. The standard InChI is InChI=1S/C13H18N2O3S/c1-18-11(16)7-3-2-4-8-14-12(17)10-6-5-9-15-13(10)19/h5-6,9H,2-4,7-8H2,1H3,(H,14,17)(H,15,19). The van der Waals surface area contributed by atoms with Gasteiger partial charge in [-0.1, -0.05) is 18.6 Å². The first-order chi connectivity index (χ1) is 9.15. The molecular weight excluding hydrogens is 264 g/mol. The summed E-state index contributed by atoms with van der Waals surface area (Å²) >= 11 is 5.02. The maximum atomic E-state index is 11.8. The molecule has 1 aromatic heterocycles. The van der Waals surface area contributed by atoms with E-state index in [9.17, 15) is 9.59 Å². The second kappa shape index (κ2) is 8.42. The summed E-state index contributed by atoms with van der Waals surface area (Å²) in [4.78, 5) is 25.5. The van der Waals surface area contributed by atoms with E-state index in [0.29, 0.717) is 23.2 Å². The van der Waals surface area contributed by atoms with Crippen molar-refractivity contribution < 1.29 is 14.3 Å². The fraction of sp³-hybridized carbons (Fsp3) is 0.462. The summed E-state index contributed by atoms with van der Waals surface area (Å²) in [7, 11) is 1.38. The molecule has 0 aliphatic heterocycles. The SMILES string of the molecule is COC(=O)CCCCCNC(=O)c1ccc[nH]c1=S. The average molecular weight is 282 g/mol. The van der Waals surface area contributed by atoms with Gasteiger partial charge in [0.2, 0.25) is 0 Å². The molecule has 6 heteroatoms. The van der Waals surface area contributed by atoms with Crippen LogP contribution in [0.15, 0.2) is 18.3 Å². The van der Waals surface area contributed by atoms with Gasteiger partial charge in [0.25, 0.3) is 5.91 Å². The third-order valence-corrected chi connectivity index (χ3v) is 2.97. The first-order valence-corrected chi connectivity index (χ1v) is 6.58. The minimum atomic E-state index is -0.195. The molecule has 1 aromatic rings. The van der Waals surface area contributed by atoms with Crippen molar-refractivity contribution in [2.75, 3.05) is 13.7 Å². The molecule has 2 N–H and O–H groups in total. The third kappa shape index (κ3) is 5.65. The van der Waals surface area contributed by atoms with E-state index in [1.165, 1.54) is 7.11 Å². The summed E-state index contributed by atoms with van der Waals surface area (Å²) in [5.41, 5.74) is 0.479. The lowest BCUT2D eigenvalue weighted by Gasteiger charge is -2.05. The van der Waals surface area contributed by atoms with E-state index in [-0.39, 0.29) is 11.9 Å². The lowest BCUT2D eigenvalue weighted by atomic mass is 10.2. The number of unbranched alkanes of at least 4 members (excludes halogenated alkanes) is 2. The summed E-state index contributed by atoms with van der Waals surface area (Å²) in [5, 5.41) is 2.80. The van der Waals surface area contributed by atoms with E-state index in [0.717, 1.165) is 19.3 Å². The van der Waals surface area contributed by atoms with Gasteiger partial charge >= 0.3 is 5.97 Å². The Bertz CT molecular complexity index is 485. The summed E-state index contributed by atoms with van der Waals surface area (Å²) in [6.07, 6.45) is 4.58. The Balaban J connectivity index is 2.20. The van der Waals surface area contributed by atoms with Crippen LogP contribution in [0.25, 0.3) is 0 Å². The second-order valence-electron chi connectivity index (χ2n) is 4.06. The maximum Gasteiger partial charge on any atom is 0.305 e. The Hall–Kier alpha value is -1.69. The Morgan fingerprint density at radius 3 is 2.84 bits per heavy atom. The van der Waals surface area contributed by atoms with Crippen LogP contribution in [0.2, 0.25) is 0 Å². The van der Waals surface area contributed by atoms with Gasteiger partial charge in [0, 0.05) is 19.2 Å². The van der Waals surface area contributed by atoms with Crippen molar-refractivity contribution >= 4 is 24.1 Å². The van der Waals surface area contributed by atoms with Crippen LogP contribution < -0.4 is 5.32 Å². The number of carbonyl (C=O) groups excluding carboxylic acids is 2. The molecule has 0 atom stereocenters. The number of rotatable bonds is 7. The van der Waals surface area contributed by atoms with Crippen molar-refractivity contribution in [1.29, 1.82) is 0 Å². The third-order valence-electron chi connectivity index (χ3n) is 2.63. The molecular formula is C13H18N2O3S. The molecule has 0 aliphatic rings. The first kappa shape index (κ1) is 15.4. The zero-order valence-electron chi connectivity index (χ0n) is 10.9. The zero-order valence-corrected chi connectivity index (χ0v) is 11.7. The lowest BCUT2D eigenvalue weighted by molar-refractivity contribution is -0.140. The van der Waals surface area contributed by atoms with Crippen molar-refractivity contribution in [3.05, 3.63) is 28.5 Å². The van der Waals surface area contributed by atoms with Crippen LogP contribution in [0.4, 0.5) is 0 Å². The van der Waals surface area contributed by atoms with Crippen LogP contribution in [-0.2, 0) is 9.53 Å². The van der Waals surface area contributed by atoms with E-state index in [1.807, 2.05) is 0 Å². The Labute approximate surface area is 117 Å². The number of amides is 1. The molecule has 1 heterocycles. The Morgan fingerprint density at radius 2 is 2.16 bits per heavy atom. The van der Waals surface area contributed by atoms with Crippen molar-refractivity contribution in [2.24, 2.45) is 0 Å². The van der Waals surface area contributed by atoms with Gasteiger partial charge in [-0.3, -0.25) is 9.59 Å². The summed E-state index contributed by atoms with van der Waals surface area (Å²) in [5.74, 6) is -0.366. The minimum absolute atomic E-state index is 0.171. The van der Waals surface area contributed by atoms with E-state index >= 15 is 0 Å². The van der Waals surface area contributed by atoms with E-state index in [1.54, 1.807) is 18.3 Å². The predicted octanol–water partition coefficient (Wildman–Crippen LogP) is 2.21. The van der Waals surface area contributed by atoms with Gasteiger partial charge in [-0.05, 0) is 25.0 Å². The zero-order chi connectivity index (χ0) is 14.1. The van der Waals surface area contributed by atoms with Crippen molar-refractivity contribution in [2.45, 2.75) is 25.7 Å². The van der Waals surface area contributed by atoms with Gasteiger partial charge in [0.05, 0.1) is 12.7 Å². The van der Waals surface area contributed by atoms with Gasteiger partial charge in [0.1, 0.15) is 4.64 Å². The van der Waals surface area contributed by atoms with Crippen LogP contribution in [0.5, 0.6) is 0 Å². The van der Waals surface area contributed by atoms with Gasteiger partial charge in [-0.2, -0.15) is 0 Å². The molecule has 19 heavy (non-hydrogen) atoms. The largest absolute Gasteiger partial charge is 0.469 e. The Kier molecular flexibility index (Phi) is 6.81. The molecule has 0 aliphatic carbocycles. The molecule has 0 aromatic carbocycles. The number of carbonyl (C=O) groups is 2. The van der Waals surface area contributed by atoms with Gasteiger partial charge in [-0.25, -0.2) is 0 Å². The molecule has 1 amide bonds. The van der Waals surface area contributed by atoms with Crippen molar-refractivity contribution in [3.8, 4) is 0 Å². The van der Waals surface area contributed by atoms with Crippen LogP contribution in [-0.4, -0.2) is 30.5 Å². The van der Waals surface area contributed by atoms with E-state index < -0.39 is 0 Å². The fourth-order valence-electron chi connectivity index (χ4n) is 1.57. The molecule has 0 spiro atoms. The molecule has 0 fully saturated rings. The van der Waals surface area contributed by atoms with E-state index in [4.69, 9.17) is 12.2 Å². The number of aromatic nitrogens is 1. The minimum Gasteiger partial charge on any atom is -0.469 e. The maximum absolute atomic E-state index is 11.8. The molecule has 0 bridgehead atoms. The normalized spacial score (nSPS) is 9.95. The first-order valence-electron chi connectivity index (χ1n) is 6.18. The molecule has 0 radical (unpaired) electrons.